The predicted octanol–water partition coefficient (Wildman–Crippen LogP) is 3.39. The number of rotatable bonds is 15. The third-order valence-corrected chi connectivity index (χ3v) is 4.31. The molecule has 0 aliphatic rings. The first-order valence-corrected chi connectivity index (χ1v) is 9.75. The fourth-order valence-electron chi connectivity index (χ4n) is 2.78. The van der Waals surface area contributed by atoms with E-state index < -0.39 is 0 Å². The SMILES string of the molecule is CCOCC(=O)CCCCCCCNC(=O)c1cc(OC)c(OC)c(OC)c1. The number of methoxy groups -OCH3 is 3. The number of ketones is 1. The van der Waals surface area contributed by atoms with Crippen LogP contribution in [-0.4, -0.2) is 52.8 Å². The summed E-state index contributed by atoms with van der Waals surface area (Å²) < 4.78 is 20.9. The molecule has 0 fully saturated rings. The maximum Gasteiger partial charge on any atom is 0.251 e. The zero-order valence-electron chi connectivity index (χ0n) is 17.5. The molecular formula is C21H33NO6. The average molecular weight is 395 g/mol. The van der Waals surface area contributed by atoms with Gasteiger partial charge >= 0.3 is 0 Å². The molecule has 0 heterocycles. The molecule has 0 saturated heterocycles. The van der Waals surface area contributed by atoms with Gasteiger partial charge in [-0.3, -0.25) is 9.59 Å². The summed E-state index contributed by atoms with van der Waals surface area (Å²) in [5, 5.41) is 2.91. The summed E-state index contributed by atoms with van der Waals surface area (Å²) >= 11 is 0. The van der Waals surface area contributed by atoms with Crippen LogP contribution in [0.2, 0.25) is 0 Å². The second-order valence-corrected chi connectivity index (χ2v) is 6.36. The molecule has 0 aliphatic carbocycles. The van der Waals surface area contributed by atoms with E-state index in [1.807, 2.05) is 6.92 Å². The molecule has 28 heavy (non-hydrogen) atoms. The highest BCUT2D eigenvalue weighted by molar-refractivity contribution is 5.95. The molecule has 1 N–H and O–H groups in total. The van der Waals surface area contributed by atoms with Crippen molar-refractivity contribution in [1.29, 1.82) is 0 Å². The highest BCUT2D eigenvalue weighted by Crippen LogP contribution is 2.38. The number of unbranched alkanes of at least 4 members (excludes halogenated alkanes) is 4. The number of Topliss-reactive ketones (excluding diaryl/α,β-unsaturated/α-hetero) is 1. The van der Waals surface area contributed by atoms with Gasteiger partial charge in [0.2, 0.25) is 5.75 Å². The maximum absolute atomic E-state index is 12.4. The first-order valence-electron chi connectivity index (χ1n) is 9.75. The normalized spacial score (nSPS) is 10.4. The molecular weight excluding hydrogens is 362 g/mol. The molecule has 0 spiro atoms. The maximum atomic E-state index is 12.4. The monoisotopic (exact) mass is 395 g/mol. The van der Waals surface area contributed by atoms with Gasteiger partial charge in [0.15, 0.2) is 17.3 Å². The fraction of sp³-hybridized carbons (Fsp3) is 0.619. The Balaban J connectivity index is 2.29. The van der Waals surface area contributed by atoms with Crippen LogP contribution in [0.1, 0.15) is 55.8 Å². The van der Waals surface area contributed by atoms with E-state index in [2.05, 4.69) is 5.32 Å². The van der Waals surface area contributed by atoms with Gasteiger partial charge in [-0.1, -0.05) is 19.3 Å². The Morgan fingerprint density at radius 1 is 0.893 bits per heavy atom. The molecule has 1 aromatic rings. The van der Waals surface area contributed by atoms with Crippen LogP contribution in [0.3, 0.4) is 0 Å². The number of ether oxygens (including phenoxy) is 4. The summed E-state index contributed by atoms with van der Waals surface area (Å²) in [5.74, 6) is 1.35. The van der Waals surface area contributed by atoms with Gasteiger partial charge in [0.1, 0.15) is 6.61 Å². The van der Waals surface area contributed by atoms with Crippen LogP contribution in [0.5, 0.6) is 17.2 Å². The number of hydrogen-bond donors (Lipinski definition) is 1. The standard InChI is InChI=1S/C21H33NO6/c1-5-28-15-17(23)11-9-7-6-8-10-12-22-21(24)16-13-18(25-2)20(27-4)19(14-16)26-3/h13-14H,5-12,15H2,1-4H3,(H,22,24). The van der Waals surface area contributed by atoms with Crippen LogP contribution in [-0.2, 0) is 9.53 Å². The Hall–Kier alpha value is -2.28. The van der Waals surface area contributed by atoms with Crippen LogP contribution < -0.4 is 19.5 Å². The largest absolute Gasteiger partial charge is 0.493 e. The van der Waals surface area contributed by atoms with Gasteiger partial charge < -0.3 is 24.3 Å². The van der Waals surface area contributed by atoms with E-state index in [1.54, 1.807) is 12.1 Å². The van der Waals surface area contributed by atoms with Crippen molar-refractivity contribution in [3.63, 3.8) is 0 Å². The molecule has 0 bridgehead atoms. The van der Waals surface area contributed by atoms with Crippen LogP contribution in [0.15, 0.2) is 12.1 Å². The van der Waals surface area contributed by atoms with Gasteiger partial charge in [-0.2, -0.15) is 0 Å². The molecule has 1 amide bonds. The van der Waals surface area contributed by atoms with Gasteiger partial charge in [-0.25, -0.2) is 0 Å². The Kier molecular flexibility index (Phi) is 11.7. The van der Waals surface area contributed by atoms with E-state index in [0.29, 0.717) is 42.4 Å². The smallest absolute Gasteiger partial charge is 0.251 e. The number of amides is 1. The Labute approximate surface area is 167 Å². The van der Waals surface area contributed by atoms with Crippen molar-refractivity contribution in [2.75, 3.05) is 41.1 Å². The summed E-state index contributed by atoms with van der Waals surface area (Å²) in [5.41, 5.74) is 0.460. The lowest BCUT2D eigenvalue weighted by Crippen LogP contribution is -2.24. The molecule has 0 aromatic heterocycles. The summed E-state index contributed by atoms with van der Waals surface area (Å²) in [7, 11) is 4.56. The summed E-state index contributed by atoms with van der Waals surface area (Å²) in [6, 6.07) is 3.27. The Bertz CT molecular complexity index is 592. The highest BCUT2D eigenvalue weighted by atomic mass is 16.5. The van der Waals surface area contributed by atoms with Crippen LogP contribution in [0.25, 0.3) is 0 Å². The fourth-order valence-corrected chi connectivity index (χ4v) is 2.78. The van der Waals surface area contributed by atoms with E-state index in [-0.39, 0.29) is 18.3 Å². The van der Waals surface area contributed by atoms with Crippen molar-refractivity contribution >= 4 is 11.7 Å². The van der Waals surface area contributed by atoms with Gasteiger partial charge in [-0.05, 0) is 31.9 Å². The predicted molar refractivity (Wildman–Crippen MR) is 108 cm³/mol. The van der Waals surface area contributed by atoms with Crippen LogP contribution >= 0.6 is 0 Å². The molecule has 7 heteroatoms. The van der Waals surface area contributed by atoms with Crippen molar-refractivity contribution in [1.82, 2.24) is 5.32 Å². The lowest BCUT2D eigenvalue weighted by molar-refractivity contribution is -0.123. The zero-order valence-corrected chi connectivity index (χ0v) is 17.5. The van der Waals surface area contributed by atoms with Crippen molar-refractivity contribution in [3.05, 3.63) is 17.7 Å². The summed E-state index contributed by atoms with van der Waals surface area (Å²) in [4.78, 5) is 23.8. The number of benzene rings is 1. The topological polar surface area (TPSA) is 83.1 Å². The molecule has 0 atom stereocenters. The van der Waals surface area contributed by atoms with Gasteiger partial charge in [-0.15, -0.1) is 0 Å². The first kappa shape index (κ1) is 23.8. The number of carbonyl (C=O) groups excluding carboxylic acids is 2. The van der Waals surface area contributed by atoms with Crippen LogP contribution in [0.4, 0.5) is 0 Å². The number of nitrogens with one attached hydrogen (secondary N) is 1. The van der Waals surface area contributed by atoms with E-state index in [4.69, 9.17) is 18.9 Å². The molecule has 0 saturated carbocycles. The summed E-state index contributed by atoms with van der Waals surface area (Å²) in [6.07, 6.45) is 5.43. The molecule has 0 radical (unpaired) electrons. The van der Waals surface area contributed by atoms with Crippen LogP contribution in [0, 0.1) is 0 Å². The zero-order chi connectivity index (χ0) is 20.8. The third kappa shape index (κ3) is 8.17. The van der Waals surface area contributed by atoms with Gasteiger partial charge in [0, 0.05) is 25.1 Å². The average Bonchev–Trinajstić information content (AvgIpc) is 2.72. The van der Waals surface area contributed by atoms with Crippen molar-refractivity contribution in [2.45, 2.75) is 45.4 Å². The minimum Gasteiger partial charge on any atom is -0.493 e. The first-order chi connectivity index (χ1) is 13.6. The second kappa shape index (κ2) is 13.8. The number of carbonyl (C=O) groups is 2. The van der Waals surface area contributed by atoms with E-state index in [1.165, 1.54) is 21.3 Å². The molecule has 7 nitrogen and oxygen atoms in total. The third-order valence-electron chi connectivity index (χ3n) is 4.31. The Morgan fingerprint density at radius 2 is 1.50 bits per heavy atom. The Morgan fingerprint density at radius 3 is 2.07 bits per heavy atom. The molecule has 0 unspecified atom stereocenters. The minimum absolute atomic E-state index is 0.166. The van der Waals surface area contributed by atoms with Gasteiger partial charge in [0.25, 0.3) is 5.91 Å². The highest BCUT2D eigenvalue weighted by Gasteiger charge is 2.16. The van der Waals surface area contributed by atoms with E-state index >= 15 is 0 Å². The quantitative estimate of drug-likeness (QED) is 0.458. The van der Waals surface area contributed by atoms with Crippen molar-refractivity contribution in [2.24, 2.45) is 0 Å². The molecule has 0 aliphatic heterocycles. The van der Waals surface area contributed by atoms with Crippen molar-refractivity contribution < 1.29 is 28.5 Å². The second-order valence-electron chi connectivity index (χ2n) is 6.36. The lowest BCUT2D eigenvalue weighted by Gasteiger charge is -2.14. The molecule has 1 aromatic carbocycles. The van der Waals surface area contributed by atoms with Gasteiger partial charge in [0.05, 0.1) is 21.3 Å². The summed E-state index contributed by atoms with van der Waals surface area (Å²) in [6.45, 7) is 3.28. The molecule has 1 rings (SSSR count). The number of hydrogen-bond acceptors (Lipinski definition) is 6. The molecule has 158 valence electrons. The van der Waals surface area contributed by atoms with Crippen molar-refractivity contribution in [3.8, 4) is 17.2 Å². The van der Waals surface area contributed by atoms with E-state index in [0.717, 1.165) is 32.1 Å². The minimum atomic E-state index is -0.180. The van der Waals surface area contributed by atoms with E-state index in [9.17, 15) is 9.59 Å². The lowest BCUT2D eigenvalue weighted by atomic mass is 10.1.